The molecule has 2 aliphatic heterocycles. The van der Waals surface area contributed by atoms with Crippen molar-refractivity contribution in [3.8, 4) is 0 Å². The van der Waals surface area contributed by atoms with Crippen LogP contribution >= 0.6 is 0 Å². The third-order valence-electron chi connectivity index (χ3n) is 7.30. The standard InChI is InChI=1S/C29H29FN4O4S/c30-24-16-21(8-11-26(24)34-12-14-38-15-13-34)32-28(20-4-2-1-3-5-20)27-23-17-22(9-10-25(23)33-29(27)35)39(36,37)31-18-19-6-7-19/h1-5,8-11,16-17,19,27,31H,6-7,12-15,18H2,(H,33,35). The van der Waals surface area contributed by atoms with Gasteiger partial charge >= 0.3 is 0 Å². The van der Waals surface area contributed by atoms with Crippen molar-refractivity contribution in [2.24, 2.45) is 10.9 Å². The monoisotopic (exact) mass is 548 g/mol. The Hall–Kier alpha value is -3.60. The van der Waals surface area contributed by atoms with Crippen molar-refractivity contribution >= 4 is 38.7 Å². The van der Waals surface area contributed by atoms with E-state index in [9.17, 15) is 13.2 Å². The van der Waals surface area contributed by atoms with E-state index in [1.807, 2.05) is 35.2 Å². The number of nitrogens with one attached hydrogen (secondary N) is 2. The van der Waals surface area contributed by atoms with Crippen molar-refractivity contribution in [3.05, 3.63) is 83.7 Å². The van der Waals surface area contributed by atoms with Crippen molar-refractivity contribution in [1.82, 2.24) is 4.72 Å². The summed E-state index contributed by atoms with van der Waals surface area (Å²) in [4.78, 5) is 20.1. The molecule has 0 aromatic heterocycles. The molecule has 2 heterocycles. The quantitative estimate of drug-likeness (QED) is 0.411. The van der Waals surface area contributed by atoms with Gasteiger partial charge in [0.1, 0.15) is 11.7 Å². The largest absolute Gasteiger partial charge is 0.378 e. The van der Waals surface area contributed by atoms with Crippen LogP contribution in [0.25, 0.3) is 0 Å². The highest BCUT2D eigenvalue weighted by molar-refractivity contribution is 7.89. The summed E-state index contributed by atoms with van der Waals surface area (Å²) < 4.78 is 49.2. The van der Waals surface area contributed by atoms with E-state index in [1.54, 1.807) is 18.2 Å². The molecule has 3 aliphatic rings. The van der Waals surface area contributed by atoms with Crippen molar-refractivity contribution in [2.75, 3.05) is 43.1 Å². The number of hydrogen-bond donors (Lipinski definition) is 2. The minimum absolute atomic E-state index is 0.0942. The predicted molar refractivity (Wildman–Crippen MR) is 148 cm³/mol. The first-order valence-electron chi connectivity index (χ1n) is 13.1. The summed E-state index contributed by atoms with van der Waals surface area (Å²) in [5.74, 6) is -1.21. The molecular formula is C29H29FN4O4S. The molecule has 10 heteroatoms. The average molecular weight is 549 g/mol. The van der Waals surface area contributed by atoms with Crippen LogP contribution in [-0.4, -0.2) is 52.9 Å². The summed E-state index contributed by atoms with van der Waals surface area (Å²) in [6.07, 6.45) is 2.05. The zero-order valence-electron chi connectivity index (χ0n) is 21.3. The van der Waals surface area contributed by atoms with Crippen molar-refractivity contribution in [3.63, 3.8) is 0 Å². The van der Waals surface area contributed by atoms with Crippen LogP contribution < -0.4 is 14.9 Å². The van der Waals surface area contributed by atoms with E-state index >= 15 is 4.39 Å². The van der Waals surface area contributed by atoms with Crippen LogP contribution in [-0.2, 0) is 19.6 Å². The third-order valence-corrected chi connectivity index (χ3v) is 8.72. The minimum Gasteiger partial charge on any atom is -0.378 e. The zero-order chi connectivity index (χ0) is 27.0. The number of amides is 1. The van der Waals surface area contributed by atoms with E-state index in [1.165, 1.54) is 18.2 Å². The summed E-state index contributed by atoms with van der Waals surface area (Å²) >= 11 is 0. The fraction of sp³-hybridized carbons (Fsp3) is 0.310. The molecule has 1 aliphatic carbocycles. The molecule has 8 nitrogen and oxygen atoms in total. The van der Waals surface area contributed by atoms with Crippen LogP contribution in [0.2, 0.25) is 0 Å². The number of nitrogens with zero attached hydrogens (tertiary/aromatic N) is 2. The minimum atomic E-state index is -3.74. The number of benzene rings is 3. The van der Waals surface area contributed by atoms with Gasteiger partial charge in [0.2, 0.25) is 15.9 Å². The van der Waals surface area contributed by atoms with Crippen LogP contribution in [0.15, 0.2) is 76.6 Å². The van der Waals surface area contributed by atoms with E-state index in [0.29, 0.717) is 72.7 Å². The number of fused-ring (bicyclic) bond motifs is 1. The second-order valence-corrected chi connectivity index (χ2v) is 11.8. The number of aliphatic imine (C=N–C) groups is 1. The van der Waals surface area contributed by atoms with Crippen LogP contribution in [0.1, 0.15) is 29.9 Å². The molecule has 202 valence electrons. The van der Waals surface area contributed by atoms with E-state index in [4.69, 9.17) is 9.73 Å². The Labute approximate surface area is 226 Å². The topological polar surface area (TPSA) is 100 Å². The van der Waals surface area contributed by atoms with Gasteiger partial charge in [0, 0.05) is 31.4 Å². The summed E-state index contributed by atoms with van der Waals surface area (Å²) in [5.41, 5.74) is 2.98. The van der Waals surface area contributed by atoms with Crippen LogP contribution in [0, 0.1) is 11.7 Å². The molecule has 1 amide bonds. The predicted octanol–water partition coefficient (Wildman–Crippen LogP) is 4.21. The zero-order valence-corrected chi connectivity index (χ0v) is 22.1. The SMILES string of the molecule is O=C1Nc2ccc(S(=O)(=O)NCC3CC3)cc2C1C(=Nc1ccc(N2CCOCC2)c(F)c1)c1ccccc1. The Morgan fingerprint density at radius 2 is 1.82 bits per heavy atom. The molecule has 1 atom stereocenters. The molecule has 1 unspecified atom stereocenters. The normalized spacial score (nSPS) is 19.6. The summed E-state index contributed by atoms with van der Waals surface area (Å²) in [6.45, 7) is 2.70. The smallest absolute Gasteiger partial charge is 0.240 e. The lowest BCUT2D eigenvalue weighted by atomic mass is 9.90. The Morgan fingerprint density at radius 3 is 2.54 bits per heavy atom. The number of morpholine rings is 1. The van der Waals surface area contributed by atoms with Gasteiger partial charge < -0.3 is 15.0 Å². The number of sulfonamides is 1. The number of hydrogen-bond acceptors (Lipinski definition) is 6. The Bertz CT molecular complexity index is 1530. The van der Waals surface area contributed by atoms with Gasteiger partial charge in [-0.3, -0.25) is 9.79 Å². The van der Waals surface area contributed by atoms with Crippen molar-refractivity contribution in [2.45, 2.75) is 23.7 Å². The summed E-state index contributed by atoms with van der Waals surface area (Å²) in [7, 11) is -3.74. The lowest BCUT2D eigenvalue weighted by molar-refractivity contribution is -0.115. The molecule has 1 saturated heterocycles. The maximum absolute atomic E-state index is 15.2. The van der Waals surface area contributed by atoms with Crippen LogP contribution in [0.4, 0.5) is 21.5 Å². The maximum Gasteiger partial charge on any atom is 0.240 e. The molecule has 2 N–H and O–H groups in total. The van der Waals surface area contributed by atoms with Crippen LogP contribution in [0.3, 0.4) is 0 Å². The van der Waals surface area contributed by atoms with Gasteiger partial charge in [0.15, 0.2) is 0 Å². The molecule has 0 radical (unpaired) electrons. The van der Waals surface area contributed by atoms with Crippen molar-refractivity contribution in [1.29, 1.82) is 0 Å². The van der Waals surface area contributed by atoms with E-state index in [0.717, 1.165) is 12.8 Å². The molecular weight excluding hydrogens is 519 g/mol. The number of halogens is 1. The summed E-state index contributed by atoms with van der Waals surface area (Å²) in [6, 6.07) is 18.6. The first kappa shape index (κ1) is 25.7. The first-order valence-corrected chi connectivity index (χ1v) is 14.6. The van der Waals surface area contributed by atoms with E-state index in [-0.39, 0.29) is 10.8 Å². The summed E-state index contributed by atoms with van der Waals surface area (Å²) in [5, 5.41) is 2.86. The Kier molecular flexibility index (Phi) is 6.92. The van der Waals surface area contributed by atoms with Crippen LogP contribution in [0.5, 0.6) is 0 Å². The lowest BCUT2D eigenvalue weighted by Crippen LogP contribution is -2.36. The number of anilines is 2. The molecule has 3 aromatic carbocycles. The van der Waals surface area contributed by atoms with E-state index < -0.39 is 21.8 Å². The Morgan fingerprint density at radius 1 is 1.05 bits per heavy atom. The van der Waals surface area contributed by atoms with Gasteiger partial charge in [-0.1, -0.05) is 30.3 Å². The number of ether oxygens (including phenoxy) is 1. The molecule has 1 saturated carbocycles. The highest BCUT2D eigenvalue weighted by atomic mass is 32.2. The molecule has 0 bridgehead atoms. The van der Waals surface area contributed by atoms with Gasteiger partial charge in [-0.15, -0.1) is 0 Å². The number of rotatable bonds is 8. The van der Waals surface area contributed by atoms with Gasteiger partial charge in [0.05, 0.1) is 35.2 Å². The van der Waals surface area contributed by atoms with Gasteiger partial charge in [-0.25, -0.2) is 17.5 Å². The third kappa shape index (κ3) is 5.45. The molecule has 3 aromatic rings. The Balaban J connectivity index is 1.39. The number of carbonyl (C=O) groups is 1. The van der Waals surface area contributed by atoms with Gasteiger partial charge in [-0.2, -0.15) is 0 Å². The van der Waals surface area contributed by atoms with E-state index in [2.05, 4.69) is 10.0 Å². The first-order chi connectivity index (χ1) is 18.9. The second-order valence-electron chi connectivity index (χ2n) is 10.1. The average Bonchev–Trinajstić information content (AvgIpc) is 3.72. The number of carbonyl (C=O) groups excluding carboxylic acids is 1. The van der Waals surface area contributed by atoms with Crippen molar-refractivity contribution < 1.29 is 22.3 Å². The molecule has 6 rings (SSSR count). The fourth-order valence-electron chi connectivity index (χ4n) is 4.98. The highest BCUT2D eigenvalue weighted by Gasteiger charge is 2.37. The highest BCUT2D eigenvalue weighted by Crippen LogP contribution is 2.38. The molecule has 2 fully saturated rings. The second kappa shape index (κ2) is 10.5. The van der Waals surface area contributed by atoms with Gasteiger partial charge in [-0.05, 0) is 60.2 Å². The maximum atomic E-state index is 15.2. The van der Waals surface area contributed by atoms with Gasteiger partial charge in [0.25, 0.3) is 0 Å². The fourth-order valence-corrected chi connectivity index (χ4v) is 6.13. The molecule has 39 heavy (non-hydrogen) atoms. The lowest BCUT2D eigenvalue weighted by Gasteiger charge is -2.29. The molecule has 0 spiro atoms.